The largest absolute Gasteiger partial charge is 0.454 e. The number of rotatable bonds is 5. The maximum Gasteiger partial charge on any atom is 0.359 e. The van der Waals surface area contributed by atoms with Gasteiger partial charge in [0.25, 0.3) is 11.5 Å². The molecule has 9 nitrogen and oxygen atoms in total. The number of aromatic amines is 1. The molecule has 0 radical (unpaired) electrons. The van der Waals surface area contributed by atoms with Gasteiger partial charge in [-0.05, 0) is 30.7 Å². The molecule has 0 saturated carbocycles. The summed E-state index contributed by atoms with van der Waals surface area (Å²) in [5.74, 6) is -0.00605. The first-order valence-corrected chi connectivity index (χ1v) is 8.86. The van der Waals surface area contributed by atoms with Gasteiger partial charge in [-0.1, -0.05) is 24.3 Å². The SMILES string of the molecule is C[C@H](NC(=O)COC(=O)c1n[nH]c(=O)c2ccccc12)c1ccc2c(c1)OCO2. The number of amides is 1. The van der Waals surface area contributed by atoms with Crippen molar-refractivity contribution in [2.24, 2.45) is 0 Å². The van der Waals surface area contributed by atoms with E-state index in [1.165, 1.54) is 0 Å². The van der Waals surface area contributed by atoms with Crippen LogP contribution in [0.4, 0.5) is 0 Å². The quantitative estimate of drug-likeness (QED) is 0.631. The van der Waals surface area contributed by atoms with Gasteiger partial charge < -0.3 is 19.5 Å². The summed E-state index contributed by atoms with van der Waals surface area (Å²) in [5.41, 5.74) is 0.353. The molecule has 0 unspecified atom stereocenters. The second kappa shape index (κ2) is 7.63. The highest BCUT2D eigenvalue weighted by Gasteiger charge is 2.19. The zero-order valence-electron chi connectivity index (χ0n) is 15.4. The van der Waals surface area contributed by atoms with E-state index in [4.69, 9.17) is 14.2 Å². The van der Waals surface area contributed by atoms with Crippen LogP contribution in [0.25, 0.3) is 10.8 Å². The zero-order valence-corrected chi connectivity index (χ0v) is 15.4. The zero-order chi connectivity index (χ0) is 20.4. The fourth-order valence-electron chi connectivity index (χ4n) is 3.02. The molecule has 3 aromatic rings. The lowest BCUT2D eigenvalue weighted by Gasteiger charge is -2.15. The van der Waals surface area contributed by atoms with E-state index in [9.17, 15) is 14.4 Å². The molecule has 0 spiro atoms. The smallest absolute Gasteiger partial charge is 0.359 e. The van der Waals surface area contributed by atoms with Gasteiger partial charge in [-0.25, -0.2) is 9.89 Å². The number of benzene rings is 2. The number of carbonyl (C=O) groups is 2. The number of carbonyl (C=O) groups excluding carboxylic acids is 2. The minimum Gasteiger partial charge on any atom is -0.454 e. The van der Waals surface area contributed by atoms with Gasteiger partial charge in [0.1, 0.15) is 0 Å². The van der Waals surface area contributed by atoms with Crippen molar-refractivity contribution >= 4 is 22.6 Å². The predicted octanol–water partition coefficient (Wildman–Crippen LogP) is 1.69. The molecule has 2 N–H and O–H groups in total. The van der Waals surface area contributed by atoms with E-state index in [2.05, 4.69) is 15.5 Å². The number of H-pyrrole nitrogens is 1. The summed E-state index contributed by atoms with van der Waals surface area (Å²) in [4.78, 5) is 36.3. The van der Waals surface area contributed by atoms with Gasteiger partial charge in [-0.15, -0.1) is 0 Å². The summed E-state index contributed by atoms with van der Waals surface area (Å²) in [6, 6.07) is 11.6. The molecule has 0 bridgehead atoms. The van der Waals surface area contributed by atoms with Gasteiger partial charge >= 0.3 is 5.97 Å². The number of hydrogen-bond donors (Lipinski definition) is 2. The first-order valence-electron chi connectivity index (χ1n) is 8.86. The first-order chi connectivity index (χ1) is 14.0. The lowest BCUT2D eigenvalue weighted by atomic mass is 10.1. The molecule has 1 aliphatic rings. The van der Waals surface area contributed by atoms with Crippen LogP contribution in [0.2, 0.25) is 0 Å². The molecule has 0 saturated heterocycles. The highest BCUT2D eigenvalue weighted by molar-refractivity contribution is 6.02. The Morgan fingerprint density at radius 3 is 2.76 bits per heavy atom. The molecule has 29 heavy (non-hydrogen) atoms. The van der Waals surface area contributed by atoms with E-state index in [-0.39, 0.29) is 18.5 Å². The van der Waals surface area contributed by atoms with Crippen LogP contribution in [0.15, 0.2) is 47.3 Å². The van der Waals surface area contributed by atoms with Gasteiger partial charge in [0, 0.05) is 5.39 Å². The number of nitrogens with zero attached hydrogens (tertiary/aromatic N) is 1. The molecule has 4 rings (SSSR count). The second-order valence-corrected chi connectivity index (χ2v) is 6.42. The molecule has 0 fully saturated rings. The first kappa shape index (κ1) is 18.5. The van der Waals surface area contributed by atoms with E-state index >= 15 is 0 Å². The van der Waals surface area contributed by atoms with Crippen LogP contribution in [0, 0.1) is 0 Å². The Labute approximate surface area is 164 Å². The number of ether oxygens (including phenoxy) is 3. The molecule has 2 aromatic carbocycles. The summed E-state index contributed by atoms with van der Waals surface area (Å²) in [6.45, 7) is 1.49. The van der Waals surface area contributed by atoms with E-state index in [1.807, 2.05) is 6.07 Å². The minimum atomic E-state index is -0.802. The van der Waals surface area contributed by atoms with Crippen molar-refractivity contribution in [1.82, 2.24) is 15.5 Å². The van der Waals surface area contributed by atoms with Crippen LogP contribution >= 0.6 is 0 Å². The van der Waals surface area contributed by atoms with Gasteiger partial charge in [-0.3, -0.25) is 9.59 Å². The number of esters is 1. The molecular weight excluding hydrogens is 378 g/mol. The van der Waals surface area contributed by atoms with Crippen molar-refractivity contribution in [3.05, 3.63) is 64.1 Å². The van der Waals surface area contributed by atoms with E-state index < -0.39 is 24.0 Å². The maximum absolute atomic E-state index is 12.3. The van der Waals surface area contributed by atoms with Crippen molar-refractivity contribution in [3.63, 3.8) is 0 Å². The highest BCUT2D eigenvalue weighted by atomic mass is 16.7. The molecule has 1 amide bonds. The predicted molar refractivity (Wildman–Crippen MR) is 102 cm³/mol. The third kappa shape index (κ3) is 3.75. The number of aromatic nitrogens is 2. The standard InChI is InChI=1S/C20H17N3O6/c1-11(12-6-7-15-16(8-12)29-10-28-15)21-17(24)9-27-20(26)18-13-4-2-3-5-14(13)19(25)23-22-18/h2-8,11H,9-10H2,1H3,(H,21,24)(H,23,25)/t11-/m0/s1. The van der Waals surface area contributed by atoms with Crippen molar-refractivity contribution in [2.45, 2.75) is 13.0 Å². The van der Waals surface area contributed by atoms with Crippen LogP contribution in [0.1, 0.15) is 29.0 Å². The fourth-order valence-corrected chi connectivity index (χ4v) is 3.02. The summed E-state index contributed by atoms with van der Waals surface area (Å²) >= 11 is 0. The average molecular weight is 395 g/mol. The third-order valence-corrected chi connectivity index (χ3v) is 4.50. The Morgan fingerprint density at radius 1 is 1.17 bits per heavy atom. The van der Waals surface area contributed by atoms with Crippen LogP contribution < -0.4 is 20.3 Å². The normalized spacial score (nSPS) is 13.1. The van der Waals surface area contributed by atoms with Crippen molar-refractivity contribution in [1.29, 1.82) is 0 Å². The molecule has 148 valence electrons. The second-order valence-electron chi connectivity index (χ2n) is 6.42. The molecule has 9 heteroatoms. The van der Waals surface area contributed by atoms with Crippen LogP contribution in [0.5, 0.6) is 11.5 Å². The summed E-state index contributed by atoms with van der Waals surface area (Å²) in [7, 11) is 0. The van der Waals surface area contributed by atoms with Crippen LogP contribution in [-0.4, -0.2) is 35.5 Å². The summed E-state index contributed by atoms with van der Waals surface area (Å²) in [5, 5.41) is 9.43. The van der Waals surface area contributed by atoms with Crippen LogP contribution in [-0.2, 0) is 9.53 Å². The number of hydrogen-bond acceptors (Lipinski definition) is 7. The maximum atomic E-state index is 12.3. The van der Waals surface area contributed by atoms with E-state index in [0.29, 0.717) is 22.3 Å². The average Bonchev–Trinajstić information content (AvgIpc) is 3.20. The molecule has 1 aliphatic heterocycles. The van der Waals surface area contributed by atoms with Crippen molar-refractivity contribution in [3.8, 4) is 11.5 Å². The van der Waals surface area contributed by atoms with Gasteiger partial charge in [-0.2, -0.15) is 5.10 Å². The molecule has 1 aromatic heterocycles. The fraction of sp³-hybridized carbons (Fsp3) is 0.200. The minimum absolute atomic E-state index is 0.0585. The Hall–Kier alpha value is -3.88. The lowest BCUT2D eigenvalue weighted by molar-refractivity contribution is -0.124. The van der Waals surface area contributed by atoms with Gasteiger partial charge in [0.05, 0.1) is 11.4 Å². The van der Waals surface area contributed by atoms with Crippen LogP contribution in [0.3, 0.4) is 0 Å². The van der Waals surface area contributed by atoms with E-state index in [0.717, 1.165) is 5.56 Å². The Morgan fingerprint density at radius 2 is 1.93 bits per heavy atom. The summed E-state index contributed by atoms with van der Waals surface area (Å²) in [6.07, 6.45) is 0. The molecule has 2 heterocycles. The van der Waals surface area contributed by atoms with Crippen molar-refractivity contribution < 1.29 is 23.8 Å². The monoisotopic (exact) mass is 395 g/mol. The van der Waals surface area contributed by atoms with Crippen molar-refractivity contribution in [2.75, 3.05) is 13.4 Å². The Balaban J connectivity index is 1.39. The van der Waals surface area contributed by atoms with Gasteiger partial charge in [0.2, 0.25) is 6.79 Å². The lowest BCUT2D eigenvalue weighted by Crippen LogP contribution is -2.31. The number of nitrogens with one attached hydrogen (secondary N) is 2. The van der Waals surface area contributed by atoms with E-state index in [1.54, 1.807) is 43.3 Å². The summed E-state index contributed by atoms with van der Waals surface area (Å²) < 4.78 is 15.7. The van der Waals surface area contributed by atoms with Gasteiger partial charge in [0.15, 0.2) is 23.8 Å². The molecular formula is C20H17N3O6. The topological polar surface area (TPSA) is 120 Å². The number of fused-ring (bicyclic) bond motifs is 2. The molecule has 1 atom stereocenters. The Bertz CT molecular complexity index is 1160. The third-order valence-electron chi connectivity index (χ3n) is 4.50. The highest BCUT2D eigenvalue weighted by Crippen LogP contribution is 2.34. The Kier molecular flexibility index (Phi) is 4.86. The molecule has 0 aliphatic carbocycles.